The Balaban J connectivity index is 1.32. The van der Waals surface area contributed by atoms with Crippen molar-refractivity contribution in [3.63, 3.8) is 0 Å². The minimum Gasteiger partial charge on any atom is -0.486 e. The van der Waals surface area contributed by atoms with E-state index in [2.05, 4.69) is 39.5 Å². The van der Waals surface area contributed by atoms with Crippen LogP contribution in [0.2, 0.25) is 0 Å². The Morgan fingerprint density at radius 3 is 2.57 bits per heavy atom. The van der Waals surface area contributed by atoms with Crippen LogP contribution in [0.25, 0.3) is 0 Å². The van der Waals surface area contributed by atoms with E-state index < -0.39 is 0 Å². The number of hydrogen-bond acceptors (Lipinski definition) is 5. The van der Waals surface area contributed by atoms with Gasteiger partial charge in [0.15, 0.2) is 0 Å². The average Bonchev–Trinajstić information content (AvgIpc) is 3.43. The lowest BCUT2D eigenvalue weighted by atomic mass is 10.1. The first-order valence-corrected chi connectivity index (χ1v) is 11.3. The topological polar surface area (TPSA) is 54.5 Å². The van der Waals surface area contributed by atoms with Crippen LogP contribution in [0, 0.1) is 6.92 Å². The molecule has 1 aliphatic heterocycles. The molecule has 1 aliphatic rings. The zero-order valence-corrected chi connectivity index (χ0v) is 18.1. The van der Waals surface area contributed by atoms with E-state index >= 15 is 0 Å². The lowest BCUT2D eigenvalue weighted by Gasteiger charge is -2.15. The number of para-hydroxylation sites is 1. The van der Waals surface area contributed by atoms with Gasteiger partial charge in [0.25, 0.3) is 5.91 Å². The van der Waals surface area contributed by atoms with Gasteiger partial charge in [0.05, 0.1) is 16.3 Å². The van der Waals surface area contributed by atoms with Crippen LogP contribution in [0.5, 0.6) is 5.75 Å². The lowest BCUT2D eigenvalue weighted by molar-refractivity contribution is 0.0946. The molecule has 0 unspecified atom stereocenters. The number of carbonyl (C=O) groups is 1. The molecule has 1 fully saturated rings. The summed E-state index contributed by atoms with van der Waals surface area (Å²) in [5.74, 6) is 0.433. The van der Waals surface area contributed by atoms with Gasteiger partial charge in [0.1, 0.15) is 12.4 Å². The standard InChI is InChI=1S/C24H27N3O2S/c1-18-26-21(17-30-18)16-29-23-7-3-2-6-22(23)24(28)25-14-19-8-10-20(11-9-19)15-27-12-4-5-13-27/h2-3,6-11,17H,4-5,12-16H2,1H3,(H,25,28). The molecule has 30 heavy (non-hydrogen) atoms. The first-order valence-electron chi connectivity index (χ1n) is 10.4. The molecule has 0 bridgehead atoms. The fraction of sp³-hybridized carbons (Fsp3) is 0.333. The summed E-state index contributed by atoms with van der Waals surface area (Å²) in [6.45, 7) is 6.21. The number of amides is 1. The van der Waals surface area contributed by atoms with Crippen LogP contribution in [-0.2, 0) is 19.7 Å². The molecule has 156 valence electrons. The quantitative estimate of drug-likeness (QED) is 0.579. The van der Waals surface area contributed by atoms with Crippen LogP contribution in [-0.4, -0.2) is 28.9 Å². The third-order valence-electron chi connectivity index (χ3n) is 5.25. The number of carbonyl (C=O) groups excluding carboxylic acids is 1. The van der Waals surface area contributed by atoms with E-state index in [1.54, 1.807) is 17.4 Å². The van der Waals surface area contributed by atoms with Gasteiger partial charge in [0.2, 0.25) is 0 Å². The van der Waals surface area contributed by atoms with Crippen molar-refractivity contribution >= 4 is 17.2 Å². The fourth-order valence-corrected chi connectivity index (χ4v) is 4.24. The zero-order valence-electron chi connectivity index (χ0n) is 17.3. The van der Waals surface area contributed by atoms with Gasteiger partial charge >= 0.3 is 0 Å². The Labute approximate surface area is 181 Å². The first kappa shape index (κ1) is 20.6. The van der Waals surface area contributed by atoms with Gasteiger partial charge in [-0.05, 0) is 56.1 Å². The number of aryl methyl sites for hydroxylation is 1. The van der Waals surface area contributed by atoms with E-state index in [1.807, 2.05) is 30.5 Å². The minimum atomic E-state index is -0.138. The van der Waals surface area contributed by atoms with Crippen molar-refractivity contribution < 1.29 is 9.53 Å². The Kier molecular flexibility index (Phi) is 6.77. The van der Waals surface area contributed by atoms with Gasteiger partial charge in [-0.3, -0.25) is 9.69 Å². The van der Waals surface area contributed by atoms with Crippen molar-refractivity contribution in [1.82, 2.24) is 15.2 Å². The molecule has 2 aromatic carbocycles. The monoisotopic (exact) mass is 421 g/mol. The number of ether oxygens (including phenoxy) is 1. The van der Waals surface area contributed by atoms with Gasteiger partial charge in [-0.25, -0.2) is 4.98 Å². The maximum atomic E-state index is 12.7. The third kappa shape index (κ3) is 5.46. The van der Waals surface area contributed by atoms with Gasteiger partial charge in [-0.2, -0.15) is 0 Å². The van der Waals surface area contributed by atoms with Crippen molar-refractivity contribution in [2.24, 2.45) is 0 Å². The minimum absolute atomic E-state index is 0.138. The molecule has 1 saturated heterocycles. The van der Waals surface area contributed by atoms with Crippen molar-refractivity contribution in [3.05, 3.63) is 81.3 Å². The molecule has 0 radical (unpaired) electrons. The predicted molar refractivity (Wildman–Crippen MR) is 120 cm³/mol. The number of likely N-dealkylation sites (tertiary alicyclic amines) is 1. The summed E-state index contributed by atoms with van der Waals surface area (Å²) in [7, 11) is 0. The zero-order chi connectivity index (χ0) is 20.8. The third-order valence-corrected chi connectivity index (χ3v) is 6.08. The van der Waals surface area contributed by atoms with E-state index in [0.717, 1.165) is 22.8 Å². The summed E-state index contributed by atoms with van der Waals surface area (Å²) in [6, 6.07) is 15.8. The van der Waals surface area contributed by atoms with Crippen LogP contribution >= 0.6 is 11.3 Å². The number of hydrogen-bond donors (Lipinski definition) is 1. The molecule has 1 aromatic heterocycles. The van der Waals surface area contributed by atoms with Crippen molar-refractivity contribution in [3.8, 4) is 5.75 Å². The molecule has 4 rings (SSSR count). The number of nitrogens with one attached hydrogen (secondary N) is 1. The van der Waals surface area contributed by atoms with Crippen molar-refractivity contribution in [1.29, 1.82) is 0 Å². The normalized spacial score (nSPS) is 14.0. The number of aromatic nitrogens is 1. The molecule has 3 aromatic rings. The fourth-order valence-electron chi connectivity index (χ4n) is 3.65. The molecular formula is C24H27N3O2S. The van der Waals surface area contributed by atoms with Gasteiger partial charge < -0.3 is 10.1 Å². The van der Waals surface area contributed by atoms with E-state index in [-0.39, 0.29) is 5.91 Å². The van der Waals surface area contributed by atoms with Gasteiger partial charge in [-0.1, -0.05) is 36.4 Å². The summed E-state index contributed by atoms with van der Waals surface area (Å²) in [5.41, 5.74) is 3.82. The molecule has 5 nitrogen and oxygen atoms in total. The molecule has 6 heteroatoms. The highest BCUT2D eigenvalue weighted by molar-refractivity contribution is 7.09. The Morgan fingerprint density at radius 2 is 1.83 bits per heavy atom. The Morgan fingerprint density at radius 1 is 1.10 bits per heavy atom. The maximum absolute atomic E-state index is 12.7. The van der Waals surface area contributed by atoms with E-state index in [1.165, 1.54) is 31.5 Å². The molecule has 2 heterocycles. The predicted octanol–water partition coefficient (Wildman–Crippen LogP) is 4.56. The van der Waals surface area contributed by atoms with Crippen LogP contribution < -0.4 is 10.1 Å². The smallest absolute Gasteiger partial charge is 0.255 e. The molecular weight excluding hydrogens is 394 g/mol. The van der Waals surface area contributed by atoms with Gasteiger partial charge in [0, 0.05) is 18.5 Å². The van der Waals surface area contributed by atoms with E-state index in [0.29, 0.717) is 24.5 Å². The molecule has 0 atom stereocenters. The summed E-state index contributed by atoms with van der Waals surface area (Å²) >= 11 is 1.59. The highest BCUT2D eigenvalue weighted by atomic mass is 32.1. The summed E-state index contributed by atoms with van der Waals surface area (Å²) < 4.78 is 5.87. The average molecular weight is 422 g/mol. The number of thiazole rings is 1. The largest absolute Gasteiger partial charge is 0.486 e. The second kappa shape index (κ2) is 9.87. The van der Waals surface area contributed by atoms with Gasteiger partial charge in [-0.15, -0.1) is 11.3 Å². The second-order valence-electron chi connectivity index (χ2n) is 7.63. The summed E-state index contributed by atoms with van der Waals surface area (Å²) in [6.07, 6.45) is 2.61. The van der Waals surface area contributed by atoms with E-state index in [4.69, 9.17) is 4.74 Å². The highest BCUT2D eigenvalue weighted by Crippen LogP contribution is 2.20. The summed E-state index contributed by atoms with van der Waals surface area (Å²) in [4.78, 5) is 19.6. The second-order valence-corrected chi connectivity index (χ2v) is 8.69. The number of benzene rings is 2. The van der Waals surface area contributed by atoms with E-state index in [9.17, 15) is 4.79 Å². The van der Waals surface area contributed by atoms with Crippen molar-refractivity contribution in [2.75, 3.05) is 13.1 Å². The highest BCUT2D eigenvalue weighted by Gasteiger charge is 2.13. The summed E-state index contributed by atoms with van der Waals surface area (Å²) in [5, 5.41) is 5.99. The molecule has 0 saturated carbocycles. The molecule has 1 amide bonds. The van der Waals surface area contributed by atoms with Crippen LogP contribution in [0.4, 0.5) is 0 Å². The molecule has 0 spiro atoms. The van der Waals surface area contributed by atoms with Crippen LogP contribution in [0.15, 0.2) is 53.9 Å². The lowest BCUT2D eigenvalue weighted by Crippen LogP contribution is -2.23. The van der Waals surface area contributed by atoms with Crippen LogP contribution in [0.1, 0.15) is 45.0 Å². The van der Waals surface area contributed by atoms with Crippen LogP contribution in [0.3, 0.4) is 0 Å². The molecule has 1 N–H and O–H groups in total. The SMILES string of the molecule is Cc1nc(COc2ccccc2C(=O)NCc2ccc(CN3CCCC3)cc2)cs1. The Bertz CT molecular complexity index is 978. The van der Waals surface area contributed by atoms with Crippen molar-refractivity contribution in [2.45, 2.75) is 39.5 Å². The number of nitrogens with zero attached hydrogens (tertiary/aromatic N) is 2. The first-order chi connectivity index (χ1) is 14.7. The molecule has 0 aliphatic carbocycles. The maximum Gasteiger partial charge on any atom is 0.255 e. The number of rotatable bonds is 8. The Hall–Kier alpha value is -2.70.